The Kier molecular flexibility index (Phi) is 7.07. The Morgan fingerprint density at radius 1 is 1.44 bits per heavy atom. The molecule has 1 amide bonds. The topological polar surface area (TPSA) is 50.4 Å². The molecule has 96 valence electrons. The molecular weight excluding hydrogens is 225 g/mol. The first-order valence-corrected chi connectivity index (χ1v) is 4.96. The van der Waals surface area contributed by atoms with Crippen molar-refractivity contribution in [1.29, 1.82) is 0 Å². The fraction of sp³-hybridized carbons (Fsp3) is 0.889. The Bertz CT molecular complexity index is 209. The van der Waals surface area contributed by atoms with Gasteiger partial charge in [-0.1, -0.05) is 0 Å². The molecule has 0 saturated heterocycles. The van der Waals surface area contributed by atoms with Crippen LogP contribution in [-0.2, 0) is 9.53 Å². The summed E-state index contributed by atoms with van der Waals surface area (Å²) in [5, 5.41) is 5.31. The van der Waals surface area contributed by atoms with E-state index in [0.717, 1.165) is 0 Å². The van der Waals surface area contributed by atoms with Crippen LogP contribution >= 0.6 is 0 Å². The monoisotopic (exact) mass is 242 g/mol. The number of nitrogens with one attached hydrogen (secondary N) is 2. The molecule has 1 atom stereocenters. The van der Waals surface area contributed by atoms with Crippen molar-refractivity contribution in [3.05, 3.63) is 0 Å². The van der Waals surface area contributed by atoms with E-state index in [0.29, 0.717) is 13.0 Å². The van der Waals surface area contributed by atoms with Gasteiger partial charge in [-0.05, 0) is 19.9 Å². The van der Waals surface area contributed by atoms with Gasteiger partial charge in [-0.15, -0.1) is 0 Å². The summed E-state index contributed by atoms with van der Waals surface area (Å²) in [6.07, 6.45) is -3.85. The van der Waals surface area contributed by atoms with Crippen molar-refractivity contribution in [1.82, 2.24) is 10.6 Å². The average Bonchev–Trinajstić information content (AvgIpc) is 2.20. The number of ether oxygens (including phenoxy) is 1. The molecule has 0 aliphatic heterocycles. The van der Waals surface area contributed by atoms with Crippen LogP contribution in [0.25, 0.3) is 0 Å². The zero-order valence-corrected chi connectivity index (χ0v) is 9.36. The highest BCUT2D eigenvalue weighted by molar-refractivity contribution is 5.80. The van der Waals surface area contributed by atoms with Crippen LogP contribution in [0.3, 0.4) is 0 Å². The molecule has 0 rings (SSSR count). The average molecular weight is 242 g/mol. The number of alkyl halides is 3. The molecule has 0 aliphatic rings. The van der Waals surface area contributed by atoms with Gasteiger partial charge < -0.3 is 15.4 Å². The predicted octanol–water partition coefficient (Wildman–Crippen LogP) is 0.679. The molecule has 0 aromatic carbocycles. The lowest BCUT2D eigenvalue weighted by Gasteiger charge is -2.12. The summed E-state index contributed by atoms with van der Waals surface area (Å²) in [6.45, 7) is 0.910. The summed E-state index contributed by atoms with van der Waals surface area (Å²) < 4.78 is 39.4. The van der Waals surface area contributed by atoms with Crippen LogP contribution in [0.5, 0.6) is 0 Å². The Morgan fingerprint density at radius 3 is 2.56 bits per heavy atom. The molecule has 0 aromatic rings. The molecule has 0 radical (unpaired) electrons. The van der Waals surface area contributed by atoms with Crippen LogP contribution in [-0.4, -0.2) is 44.9 Å². The van der Waals surface area contributed by atoms with E-state index in [1.165, 1.54) is 7.05 Å². The quantitative estimate of drug-likeness (QED) is 0.645. The lowest BCUT2D eigenvalue weighted by molar-refractivity contribution is -0.173. The minimum Gasteiger partial charge on any atom is -0.372 e. The summed E-state index contributed by atoms with van der Waals surface area (Å²) >= 11 is 0. The van der Waals surface area contributed by atoms with Crippen molar-refractivity contribution in [3.63, 3.8) is 0 Å². The highest BCUT2D eigenvalue weighted by Crippen LogP contribution is 2.14. The number of hydrogen-bond donors (Lipinski definition) is 2. The van der Waals surface area contributed by atoms with Gasteiger partial charge in [-0.25, -0.2) is 0 Å². The van der Waals surface area contributed by atoms with Gasteiger partial charge in [0.15, 0.2) is 0 Å². The third-order valence-electron chi connectivity index (χ3n) is 1.82. The molecule has 0 fully saturated rings. The molecule has 4 nitrogen and oxygen atoms in total. The van der Waals surface area contributed by atoms with Gasteiger partial charge in [0.1, 0.15) is 6.61 Å². The summed E-state index contributed by atoms with van der Waals surface area (Å²) in [7, 11) is 1.52. The van der Waals surface area contributed by atoms with Crippen LogP contribution in [0.15, 0.2) is 0 Å². The van der Waals surface area contributed by atoms with E-state index in [-0.39, 0.29) is 18.6 Å². The molecule has 7 heteroatoms. The number of hydrogen-bond acceptors (Lipinski definition) is 3. The van der Waals surface area contributed by atoms with E-state index in [1.54, 1.807) is 6.92 Å². The Labute approximate surface area is 92.5 Å². The van der Waals surface area contributed by atoms with Gasteiger partial charge in [0.25, 0.3) is 0 Å². The van der Waals surface area contributed by atoms with Crippen LogP contribution in [0.4, 0.5) is 13.2 Å². The molecule has 16 heavy (non-hydrogen) atoms. The largest absolute Gasteiger partial charge is 0.411 e. The highest BCUT2D eigenvalue weighted by Gasteiger charge is 2.27. The zero-order chi connectivity index (χ0) is 12.6. The number of carbonyl (C=O) groups excluding carboxylic acids is 1. The van der Waals surface area contributed by atoms with E-state index in [1.807, 2.05) is 0 Å². The molecule has 0 heterocycles. The fourth-order valence-corrected chi connectivity index (χ4v) is 0.990. The van der Waals surface area contributed by atoms with Gasteiger partial charge in [0.2, 0.25) is 5.91 Å². The molecule has 0 spiro atoms. The first-order chi connectivity index (χ1) is 7.37. The summed E-state index contributed by atoms with van der Waals surface area (Å²) in [5.74, 6) is -0.156. The standard InChI is InChI=1S/C9H17F3N2O2/c1-7(8(15)13-2)14-4-3-5-16-6-9(10,11)12/h7,14H,3-6H2,1-2H3,(H,13,15). The second kappa shape index (κ2) is 7.45. The lowest BCUT2D eigenvalue weighted by atomic mass is 10.3. The number of halogens is 3. The van der Waals surface area contributed by atoms with Gasteiger partial charge >= 0.3 is 6.18 Å². The maximum absolute atomic E-state index is 11.7. The zero-order valence-electron chi connectivity index (χ0n) is 9.36. The van der Waals surface area contributed by atoms with Gasteiger partial charge in [-0.2, -0.15) is 13.2 Å². The van der Waals surface area contributed by atoms with Gasteiger partial charge in [0.05, 0.1) is 6.04 Å². The third kappa shape index (κ3) is 8.49. The molecule has 1 unspecified atom stereocenters. The molecule has 0 saturated carbocycles. The number of amides is 1. The number of carbonyl (C=O) groups is 1. The lowest BCUT2D eigenvalue weighted by Crippen LogP contribution is -2.41. The minimum absolute atomic E-state index is 0.0208. The van der Waals surface area contributed by atoms with Crippen LogP contribution in [0.2, 0.25) is 0 Å². The molecular formula is C9H17F3N2O2. The molecule has 2 N–H and O–H groups in total. The smallest absolute Gasteiger partial charge is 0.372 e. The Balaban J connectivity index is 3.37. The molecule has 0 aromatic heterocycles. The van der Waals surface area contributed by atoms with E-state index in [9.17, 15) is 18.0 Å². The second-order valence-corrected chi connectivity index (χ2v) is 3.31. The van der Waals surface area contributed by atoms with Crippen molar-refractivity contribution >= 4 is 5.91 Å². The van der Waals surface area contributed by atoms with Crippen LogP contribution in [0.1, 0.15) is 13.3 Å². The SMILES string of the molecule is CNC(=O)C(C)NCCCOCC(F)(F)F. The van der Waals surface area contributed by atoms with Crippen LogP contribution < -0.4 is 10.6 Å². The third-order valence-corrected chi connectivity index (χ3v) is 1.82. The van der Waals surface area contributed by atoms with Gasteiger partial charge in [0, 0.05) is 13.7 Å². The van der Waals surface area contributed by atoms with E-state index in [4.69, 9.17) is 0 Å². The highest BCUT2D eigenvalue weighted by atomic mass is 19.4. The number of rotatable bonds is 7. The normalized spacial score (nSPS) is 13.6. The van der Waals surface area contributed by atoms with E-state index < -0.39 is 12.8 Å². The Morgan fingerprint density at radius 2 is 2.06 bits per heavy atom. The first kappa shape index (κ1) is 15.2. The molecule has 0 aliphatic carbocycles. The predicted molar refractivity (Wildman–Crippen MR) is 53.0 cm³/mol. The minimum atomic E-state index is -4.27. The summed E-state index contributed by atoms with van der Waals surface area (Å²) in [6, 6.07) is -0.354. The maximum Gasteiger partial charge on any atom is 0.411 e. The first-order valence-electron chi connectivity index (χ1n) is 4.96. The summed E-state index contributed by atoms with van der Waals surface area (Å²) in [5.41, 5.74) is 0. The fourth-order valence-electron chi connectivity index (χ4n) is 0.990. The van der Waals surface area contributed by atoms with E-state index in [2.05, 4.69) is 15.4 Å². The van der Waals surface area contributed by atoms with Crippen molar-refractivity contribution in [2.24, 2.45) is 0 Å². The van der Waals surface area contributed by atoms with Crippen molar-refractivity contribution in [3.8, 4) is 0 Å². The van der Waals surface area contributed by atoms with Crippen LogP contribution in [0, 0.1) is 0 Å². The Hall–Kier alpha value is -0.820. The molecule has 0 bridgehead atoms. The second-order valence-electron chi connectivity index (χ2n) is 3.31. The van der Waals surface area contributed by atoms with Crippen molar-refractivity contribution in [2.75, 3.05) is 26.8 Å². The van der Waals surface area contributed by atoms with Gasteiger partial charge in [-0.3, -0.25) is 4.79 Å². The van der Waals surface area contributed by atoms with E-state index >= 15 is 0 Å². The van der Waals surface area contributed by atoms with Crippen molar-refractivity contribution in [2.45, 2.75) is 25.6 Å². The maximum atomic E-state index is 11.7. The summed E-state index contributed by atoms with van der Waals surface area (Å²) in [4.78, 5) is 11.0. The number of likely N-dealkylation sites (N-methyl/N-ethyl adjacent to an activating group) is 1. The van der Waals surface area contributed by atoms with Crippen molar-refractivity contribution < 1.29 is 22.7 Å².